The summed E-state index contributed by atoms with van der Waals surface area (Å²) >= 11 is 11.8. The summed E-state index contributed by atoms with van der Waals surface area (Å²) < 4.78 is 0. The van der Waals surface area contributed by atoms with Gasteiger partial charge in [0.15, 0.2) is 0 Å². The Hall–Kier alpha value is -1.93. The SMILES string of the molecule is NCC#Cc1ccc(Cl)c(NC(=O)c2cc(Cl)c[nH]2)c1. The molecule has 6 heteroatoms. The molecule has 20 heavy (non-hydrogen) atoms. The molecule has 1 amide bonds. The molecule has 4 N–H and O–H groups in total. The summed E-state index contributed by atoms with van der Waals surface area (Å²) in [5.41, 5.74) is 6.87. The number of nitrogens with two attached hydrogens (primary N) is 1. The first-order chi connectivity index (χ1) is 9.60. The van der Waals surface area contributed by atoms with Crippen molar-refractivity contribution in [2.45, 2.75) is 0 Å². The van der Waals surface area contributed by atoms with E-state index in [0.717, 1.165) is 5.56 Å². The lowest BCUT2D eigenvalue weighted by Gasteiger charge is -2.06. The third-order valence-corrected chi connectivity index (χ3v) is 2.99. The Morgan fingerprint density at radius 3 is 2.80 bits per heavy atom. The van der Waals surface area contributed by atoms with E-state index < -0.39 is 0 Å². The van der Waals surface area contributed by atoms with E-state index in [1.54, 1.807) is 18.2 Å². The van der Waals surface area contributed by atoms with Crippen molar-refractivity contribution in [3.05, 3.63) is 51.8 Å². The van der Waals surface area contributed by atoms with Crippen LogP contribution in [0.15, 0.2) is 30.5 Å². The van der Waals surface area contributed by atoms with Crippen molar-refractivity contribution >= 4 is 34.8 Å². The number of anilines is 1. The largest absolute Gasteiger partial charge is 0.356 e. The highest BCUT2D eigenvalue weighted by atomic mass is 35.5. The number of carbonyl (C=O) groups excluding carboxylic acids is 1. The second-order valence-electron chi connectivity index (χ2n) is 3.89. The van der Waals surface area contributed by atoms with Crippen LogP contribution in [0.5, 0.6) is 0 Å². The fourth-order valence-electron chi connectivity index (χ4n) is 1.54. The number of carbonyl (C=O) groups is 1. The van der Waals surface area contributed by atoms with Crippen molar-refractivity contribution in [2.24, 2.45) is 5.73 Å². The Balaban J connectivity index is 2.22. The van der Waals surface area contributed by atoms with Crippen LogP contribution in [-0.2, 0) is 0 Å². The molecule has 0 saturated carbocycles. The Morgan fingerprint density at radius 1 is 1.35 bits per heavy atom. The van der Waals surface area contributed by atoms with Gasteiger partial charge in [-0.2, -0.15) is 0 Å². The molecule has 0 radical (unpaired) electrons. The molecule has 0 saturated heterocycles. The molecule has 0 atom stereocenters. The molecule has 1 heterocycles. The highest BCUT2D eigenvalue weighted by molar-refractivity contribution is 6.34. The Kier molecular flexibility index (Phi) is 4.70. The number of aromatic amines is 1. The van der Waals surface area contributed by atoms with Gasteiger partial charge in [0.25, 0.3) is 5.91 Å². The molecular weight excluding hydrogens is 297 g/mol. The second kappa shape index (κ2) is 6.49. The van der Waals surface area contributed by atoms with Crippen LogP contribution in [0.3, 0.4) is 0 Å². The van der Waals surface area contributed by atoms with E-state index in [1.165, 1.54) is 12.3 Å². The van der Waals surface area contributed by atoms with Gasteiger partial charge < -0.3 is 16.0 Å². The van der Waals surface area contributed by atoms with Crippen LogP contribution in [0.25, 0.3) is 0 Å². The van der Waals surface area contributed by atoms with Gasteiger partial charge in [0.1, 0.15) is 5.69 Å². The molecule has 0 aliphatic rings. The van der Waals surface area contributed by atoms with Crippen molar-refractivity contribution < 1.29 is 4.79 Å². The Bertz CT molecular complexity index is 698. The topological polar surface area (TPSA) is 70.9 Å². The summed E-state index contributed by atoms with van der Waals surface area (Å²) in [4.78, 5) is 14.8. The number of H-pyrrole nitrogens is 1. The van der Waals surface area contributed by atoms with Crippen LogP contribution < -0.4 is 11.1 Å². The minimum absolute atomic E-state index is 0.269. The molecule has 1 aromatic heterocycles. The predicted molar refractivity (Wildman–Crippen MR) is 81.1 cm³/mol. The van der Waals surface area contributed by atoms with Crippen LogP contribution in [-0.4, -0.2) is 17.4 Å². The molecule has 2 rings (SSSR count). The molecular formula is C14H11Cl2N3O. The summed E-state index contributed by atoms with van der Waals surface area (Å²) in [6.07, 6.45) is 1.53. The van der Waals surface area contributed by atoms with E-state index in [-0.39, 0.29) is 12.5 Å². The fraction of sp³-hybridized carbons (Fsp3) is 0.0714. The standard InChI is InChI=1S/C14H11Cl2N3O/c15-10-7-13(18-8-10)14(20)19-12-6-9(2-1-5-17)3-4-11(12)16/h3-4,6-8,18H,5,17H2,(H,19,20). The maximum absolute atomic E-state index is 12.0. The zero-order valence-electron chi connectivity index (χ0n) is 10.3. The molecule has 0 bridgehead atoms. The minimum atomic E-state index is -0.331. The number of amides is 1. The summed E-state index contributed by atoms with van der Waals surface area (Å²) in [6, 6.07) is 6.64. The first kappa shape index (κ1) is 14.5. The maximum atomic E-state index is 12.0. The van der Waals surface area contributed by atoms with Crippen molar-refractivity contribution in [1.82, 2.24) is 4.98 Å². The van der Waals surface area contributed by atoms with Crippen LogP contribution in [0.4, 0.5) is 5.69 Å². The molecule has 0 fully saturated rings. The number of hydrogen-bond acceptors (Lipinski definition) is 2. The smallest absolute Gasteiger partial charge is 0.272 e. The van der Waals surface area contributed by atoms with Crippen LogP contribution >= 0.6 is 23.2 Å². The molecule has 0 spiro atoms. The zero-order valence-corrected chi connectivity index (χ0v) is 11.8. The van der Waals surface area contributed by atoms with Gasteiger partial charge >= 0.3 is 0 Å². The maximum Gasteiger partial charge on any atom is 0.272 e. The third kappa shape index (κ3) is 3.55. The molecule has 1 aromatic carbocycles. The summed E-state index contributed by atoms with van der Waals surface area (Å²) in [7, 11) is 0. The highest BCUT2D eigenvalue weighted by Crippen LogP contribution is 2.23. The molecule has 4 nitrogen and oxygen atoms in total. The van der Waals surface area contributed by atoms with Crippen LogP contribution in [0.2, 0.25) is 10.0 Å². The van der Waals surface area contributed by atoms with Gasteiger partial charge in [0, 0.05) is 11.8 Å². The van der Waals surface area contributed by atoms with Crippen LogP contribution in [0, 0.1) is 11.8 Å². The van der Waals surface area contributed by atoms with Crippen molar-refractivity contribution in [3.8, 4) is 11.8 Å². The summed E-state index contributed by atoms with van der Waals surface area (Å²) in [6.45, 7) is 0.269. The van der Waals surface area contributed by atoms with Gasteiger partial charge in [-0.25, -0.2) is 0 Å². The predicted octanol–water partition coefficient (Wildman–Crippen LogP) is 2.88. The molecule has 102 valence electrons. The Morgan fingerprint density at radius 2 is 2.15 bits per heavy atom. The van der Waals surface area contributed by atoms with E-state index in [1.807, 2.05) is 0 Å². The van der Waals surface area contributed by atoms with Crippen LogP contribution in [0.1, 0.15) is 16.1 Å². The van der Waals surface area contributed by atoms with Gasteiger partial charge in [-0.3, -0.25) is 4.79 Å². The zero-order chi connectivity index (χ0) is 14.5. The second-order valence-corrected chi connectivity index (χ2v) is 4.73. The van der Waals surface area contributed by atoms with Gasteiger partial charge in [0.05, 0.1) is 22.3 Å². The first-order valence-corrected chi connectivity index (χ1v) is 6.49. The number of halogens is 2. The van der Waals surface area contributed by atoms with Crippen molar-refractivity contribution in [1.29, 1.82) is 0 Å². The van der Waals surface area contributed by atoms with E-state index in [0.29, 0.717) is 21.4 Å². The van der Waals surface area contributed by atoms with Gasteiger partial charge in [0.2, 0.25) is 0 Å². The third-order valence-electron chi connectivity index (χ3n) is 2.44. The van der Waals surface area contributed by atoms with Gasteiger partial charge in [-0.1, -0.05) is 35.0 Å². The summed E-state index contributed by atoms with van der Waals surface area (Å²) in [5, 5.41) is 3.58. The van der Waals surface area contributed by atoms with Crippen molar-refractivity contribution in [3.63, 3.8) is 0 Å². The number of benzene rings is 1. The van der Waals surface area contributed by atoms with E-state index in [9.17, 15) is 4.79 Å². The molecule has 0 unspecified atom stereocenters. The minimum Gasteiger partial charge on any atom is -0.356 e. The molecule has 2 aromatic rings. The monoisotopic (exact) mass is 307 g/mol. The Labute approximate surface area is 126 Å². The fourth-order valence-corrected chi connectivity index (χ4v) is 1.87. The number of rotatable bonds is 2. The molecule has 0 aliphatic carbocycles. The van der Waals surface area contributed by atoms with E-state index >= 15 is 0 Å². The average Bonchev–Trinajstić information content (AvgIpc) is 2.86. The average molecular weight is 308 g/mol. The highest BCUT2D eigenvalue weighted by Gasteiger charge is 2.10. The number of hydrogen-bond donors (Lipinski definition) is 3. The lowest BCUT2D eigenvalue weighted by molar-refractivity contribution is 0.102. The lowest BCUT2D eigenvalue weighted by atomic mass is 10.2. The lowest BCUT2D eigenvalue weighted by Crippen LogP contribution is -2.12. The van der Waals surface area contributed by atoms with E-state index in [4.69, 9.17) is 28.9 Å². The van der Waals surface area contributed by atoms with Gasteiger partial charge in [-0.05, 0) is 24.3 Å². The molecule has 0 aliphatic heterocycles. The number of nitrogens with one attached hydrogen (secondary N) is 2. The van der Waals surface area contributed by atoms with Gasteiger partial charge in [-0.15, -0.1) is 0 Å². The quantitative estimate of drug-likeness (QED) is 0.747. The van der Waals surface area contributed by atoms with E-state index in [2.05, 4.69) is 22.1 Å². The summed E-state index contributed by atoms with van der Waals surface area (Å²) in [5.74, 6) is 5.28. The first-order valence-electron chi connectivity index (χ1n) is 5.74. The van der Waals surface area contributed by atoms with Crippen molar-refractivity contribution in [2.75, 3.05) is 11.9 Å². The number of aromatic nitrogens is 1. The normalized spacial score (nSPS) is 9.75.